The zero-order valence-electron chi connectivity index (χ0n) is 12.0. The fourth-order valence-electron chi connectivity index (χ4n) is 2.25. The number of anilines is 1. The smallest absolute Gasteiger partial charge is 0.255 e. The molecule has 3 nitrogen and oxygen atoms in total. The van der Waals surface area contributed by atoms with Crippen LogP contribution in [0.25, 0.3) is 11.2 Å². The molecular formula is C17H16ClN3. The Bertz CT molecular complexity index is 795. The Labute approximate surface area is 130 Å². The van der Waals surface area contributed by atoms with Gasteiger partial charge in [-0.3, -0.25) is 0 Å². The predicted molar refractivity (Wildman–Crippen MR) is 81.2 cm³/mol. The van der Waals surface area contributed by atoms with Gasteiger partial charge in [-0.25, -0.2) is 4.57 Å². The second kappa shape index (κ2) is 5.90. The standard InChI is InChI=1S/C17H16N3.ClH/c1-4-14-6-5-7-17-12-19(13-20(14)17)16-10-8-15(9-11-16)18(2)3;/h1,5-13H,2-3H3;1H/q+1;/p-1. The van der Waals surface area contributed by atoms with Gasteiger partial charge < -0.3 is 17.3 Å². The van der Waals surface area contributed by atoms with Crippen LogP contribution in [0, 0.1) is 12.3 Å². The summed E-state index contributed by atoms with van der Waals surface area (Å²) in [6.45, 7) is 0. The van der Waals surface area contributed by atoms with Crippen molar-refractivity contribution in [3.8, 4) is 18.0 Å². The topological polar surface area (TPSA) is 12.3 Å². The van der Waals surface area contributed by atoms with E-state index in [0.717, 1.165) is 16.9 Å². The van der Waals surface area contributed by atoms with Crippen LogP contribution in [0.3, 0.4) is 0 Å². The van der Waals surface area contributed by atoms with Crippen molar-refractivity contribution in [2.75, 3.05) is 19.0 Å². The molecule has 0 saturated heterocycles. The van der Waals surface area contributed by atoms with E-state index < -0.39 is 0 Å². The molecule has 2 aromatic heterocycles. The molecule has 1 aromatic carbocycles. The molecule has 0 aliphatic rings. The number of fused-ring (bicyclic) bond motifs is 1. The molecule has 0 unspecified atom stereocenters. The van der Waals surface area contributed by atoms with Gasteiger partial charge in [0.25, 0.3) is 6.33 Å². The van der Waals surface area contributed by atoms with Crippen molar-refractivity contribution in [3.63, 3.8) is 0 Å². The molecule has 0 bridgehead atoms. The predicted octanol–water partition coefficient (Wildman–Crippen LogP) is -0.733. The van der Waals surface area contributed by atoms with E-state index in [1.54, 1.807) is 0 Å². The van der Waals surface area contributed by atoms with Gasteiger partial charge in [-0.05, 0) is 42.3 Å². The first-order valence-corrected chi connectivity index (χ1v) is 6.46. The summed E-state index contributed by atoms with van der Waals surface area (Å²) in [6.07, 6.45) is 9.62. The van der Waals surface area contributed by atoms with Gasteiger partial charge >= 0.3 is 0 Å². The number of terminal acetylenes is 1. The maximum absolute atomic E-state index is 5.53. The average molecular weight is 298 g/mol. The van der Waals surface area contributed by atoms with Gasteiger partial charge in [-0.1, -0.05) is 6.07 Å². The largest absolute Gasteiger partial charge is 1.00 e. The van der Waals surface area contributed by atoms with Gasteiger partial charge in [0.15, 0.2) is 11.2 Å². The van der Waals surface area contributed by atoms with E-state index in [1.807, 2.05) is 43.0 Å². The highest BCUT2D eigenvalue weighted by Crippen LogP contribution is 2.15. The first-order valence-electron chi connectivity index (χ1n) is 6.46. The monoisotopic (exact) mass is 297 g/mol. The number of nitrogens with zero attached hydrogens (tertiary/aromatic N) is 3. The van der Waals surface area contributed by atoms with Crippen molar-refractivity contribution in [1.82, 2.24) is 4.57 Å². The van der Waals surface area contributed by atoms with Gasteiger partial charge in [-0.2, -0.15) is 4.40 Å². The van der Waals surface area contributed by atoms with Crippen LogP contribution in [-0.4, -0.2) is 18.7 Å². The molecule has 0 aliphatic carbocycles. The Morgan fingerprint density at radius 1 is 1.10 bits per heavy atom. The third kappa shape index (κ3) is 2.72. The average Bonchev–Trinajstić information content (AvgIpc) is 2.91. The molecule has 106 valence electrons. The summed E-state index contributed by atoms with van der Waals surface area (Å²) in [7, 11) is 4.07. The molecule has 0 saturated carbocycles. The number of hydrogen-bond acceptors (Lipinski definition) is 1. The van der Waals surface area contributed by atoms with Crippen LogP contribution in [0.5, 0.6) is 0 Å². The molecule has 0 spiro atoms. The zero-order valence-corrected chi connectivity index (χ0v) is 12.7. The molecule has 0 radical (unpaired) electrons. The summed E-state index contributed by atoms with van der Waals surface area (Å²) in [4.78, 5) is 2.08. The summed E-state index contributed by atoms with van der Waals surface area (Å²) in [5.74, 6) is 2.70. The highest BCUT2D eigenvalue weighted by Gasteiger charge is 2.11. The van der Waals surface area contributed by atoms with E-state index in [4.69, 9.17) is 6.42 Å². The van der Waals surface area contributed by atoms with E-state index >= 15 is 0 Å². The van der Waals surface area contributed by atoms with Crippen LogP contribution in [0.4, 0.5) is 5.69 Å². The Balaban J connectivity index is 0.00000161. The Morgan fingerprint density at radius 3 is 2.43 bits per heavy atom. The molecule has 0 amide bonds. The lowest BCUT2D eigenvalue weighted by Crippen LogP contribution is -3.00. The normalized spacial score (nSPS) is 9.95. The molecule has 0 atom stereocenters. The molecular weight excluding hydrogens is 282 g/mol. The lowest BCUT2D eigenvalue weighted by Gasteiger charge is -2.11. The van der Waals surface area contributed by atoms with E-state index in [1.165, 1.54) is 5.69 Å². The Hall–Kier alpha value is -2.44. The van der Waals surface area contributed by atoms with E-state index in [9.17, 15) is 0 Å². The molecule has 21 heavy (non-hydrogen) atoms. The first-order chi connectivity index (χ1) is 9.69. The summed E-state index contributed by atoms with van der Waals surface area (Å²) < 4.78 is 4.09. The summed E-state index contributed by atoms with van der Waals surface area (Å²) in [5, 5.41) is 0. The number of pyridine rings is 1. The third-order valence-electron chi connectivity index (χ3n) is 3.38. The Morgan fingerprint density at radius 2 is 1.81 bits per heavy atom. The van der Waals surface area contributed by atoms with Crippen LogP contribution < -0.4 is 21.7 Å². The summed E-state index contributed by atoms with van der Waals surface area (Å²) in [5.41, 5.74) is 4.23. The number of rotatable bonds is 2. The van der Waals surface area contributed by atoms with Gasteiger partial charge in [0.1, 0.15) is 11.9 Å². The van der Waals surface area contributed by atoms with Gasteiger partial charge in [-0.15, -0.1) is 6.42 Å². The summed E-state index contributed by atoms with van der Waals surface area (Å²) >= 11 is 0. The number of imidazole rings is 1. The molecule has 4 heteroatoms. The van der Waals surface area contributed by atoms with Gasteiger partial charge in [0.2, 0.25) is 0 Å². The number of aromatic nitrogens is 2. The van der Waals surface area contributed by atoms with Gasteiger partial charge in [0.05, 0.1) is 0 Å². The minimum Gasteiger partial charge on any atom is -1.00 e. The first kappa shape index (κ1) is 15.0. The minimum atomic E-state index is 0. The van der Waals surface area contributed by atoms with Gasteiger partial charge in [0, 0.05) is 19.8 Å². The number of halogens is 1. The fourth-order valence-corrected chi connectivity index (χ4v) is 2.25. The van der Waals surface area contributed by atoms with Crippen LogP contribution >= 0.6 is 0 Å². The minimum absolute atomic E-state index is 0. The second-order valence-electron chi connectivity index (χ2n) is 4.91. The van der Waals surface area contributed by atoms with Crippen LogP contribution in [0.1, 0.15) is 5.69 Å². The van der Waals surface area contributed by atoms with Crippen molar-refractivity contribution in [2.24, 2.45) is 0 Å². The number of benzene rings is 1. The molecule has 0 aliphatic heterocycles. The van der Waals surface area contributed by atoms with E-state index in [2.05, 4.69) is 45.8 Å². The summed E-state index contributed by atoms with van der Waals surface area (Å²) in [6, 6.07) is 14.4. The van der Waals surface area contributed by atoms with E-state index in [0.29, 0.717) is 0 Å². The quantitative estimate of drug-likeness (QED) is 0.449. The molecule has 3 aromatic rings. The highest BCUT2D eigenvalue weighted by molar-refractivity contribution is 5.51. The van der Waals surface area contributed by atoms with Crippen molar-refractivity contribution in [1.29, 1.82) is 0 Å². The molecule has 2 heterocycles. The van der Waals surface area contributed by atoms with Crippen LogP contribution in [0.15, 0.2) is 55.0 Å². The van der Waals surface area contributed by atoms with E-state index in [-0.39, 0.29) is 12.4 Å². The number of hydrogen-bond donors (Lipinski definition) is 0. The highest BCUT2D eigenvalue weighted by atomic mass is 35.5. The second-order valence-corrected chi connectivity index (χ2v) is 4.91. The van der Waals surface area contributed by atoms with Crippen LogP contribution in [0.2, 0.25) is 0 Å². The van der Waals surface area contributed by atoms with Crippen LogP contribution in [-0.2, 0) is 0 Å². The fraction of sp³-hybridized carbons (Fsp3) is 0.118. The maximum Gasteiger partial charge on any atom is 0.255 e. The van der Waals surface area contributed by atoms with Crippen molar-refractivity contribution < 1.29 is 16.8 Å². The third-order valence-corrected chi connectivity index (χ3v) is 3.38. The Kier molecular flexibility index (Phi) is 4.21. The molecule has 3 rings (SSSR count). The maximum atomic E-state index is 5.53. The molecule has 0 N–H and O–H groups in total. The SMILES string of the molecule is C#Cc1cccc2cn(-c3ccc(N(C)C)cc3)c[n+]12.[Cl-]. The molecule has 0 fully saturated rings. The van der Waals surface area contributed by atoms with Crippen molar-refractivity contribution in [3.05, 3.63) is 60.7 Å². The lowest BCUT2D eigenvalue weighted by atomic mass is 10.2. The lowest BCUT2D eigenvalue weighted by molar-refractivity contribution is -0.515. The zero-order chi connectivity index (χ0) is 14.1. The van der Waals surface area contributed by atoms with Crippen molar-refractivity contribution in [2.45, 2.75) is 0 Å². The van der Waals surface area contributed by atoms with Crippen molar-refractivity contribution >= 4 is 11.2 Å².